The predicted molar refractivity (Wildman–Crippen MR) is 62.0 cm³/mol. The molecule has 0 saturated heterocycles. The number of hydrogen-bond acceptors (Lipinski definition) is 2. The Kier molecular flexibility index (Phi) is 4.15. The molecule has 1 aromatic rings. The Hall–Kier alpha value is -1.02. The molecule has 0 amide bonds. The Balaban J connectivity index is 2.46. The highest BCUT2D eigenvalue weighted by molar-refractivity contribution is 5.25. The summed E-state index contributed by atoms with van der Waals surface area (Å²) in [6.45, 7) is 3.96. The second-order valence-corrected chi connectivity index (χ2v) is 4.41. The van der Waals surface area contributed by atoms with Gasteiger partial charge in [0.15, 0.2) is 0 Å². The quantitative estimate of drug-likeness (QED) is 0.781. The van der Waals surface area contributed by atoms with E-state index in [1.165, 1.54) is 0 Å². The molecule has 0 aliphatic heterocycles. The van der Waals surface area contributed by atoms with Crippen LogP contribution in [0, 0.1) is 0 Å². The molecular weight excluding hydrogens is 188 g/mol. The fraction of sp³-hybridized carbons (Fsp3) is 0.538. The van der Waals surface area contributed by atoms with Gasteiger partial charge in [-0.3, -0.25) is 0 Å². The number of benzene rings is 1. The molecule has 84 valence electrons. The minimum Gasteiger partial charge on any atom is -0.508 e. The first-order valence-electron chi connectivity index (χ1n) is 5.54. The molecule has 0 spiro atoms. The summed E-state index contributed by atoms with van der Waals surface area (Å²) in [6, 6.07) is 7.17. The minimum absolute atomic E-state index is 0.291. The molecule has 2 nitrogen and oxygen atoms in total. The van der Waals surface area contributed by atoms with Crippen LogP contribution in [0.3, 0.4) is 0 Å². The van der Waals surface area contributed by atoms with Crippen LogP contribution in [0.1, 0.15) is 38.7 Å². The maximum Gasteiger partial charge on any atom is 0.115 e. The zero-order chi connectivity index (χ0) is 11.3. The monoisotopic (exact) mass is 208 g/mol. The van der Waals surface area contributed by atoms with E-state index in [9.17, 15) is 5.11 Å². The number of hydrogen-bond donors (Lipinski definition) is 2. The van der Waals surface area contributed by atoms with Gasteiger partial charge in [0.1, 0.15) is 5.75 Å². The molecule has 0 heterocycles. The van der Waals surface area contributed by atoms with Crippen molar-refractivity contribution in [1.82, 2.24) is 0 Å². The topological polar surface area (TPSA) is 40.5 Å². The van der Waals surface area contributed by atoms with E-state index >= 15 is 0 Å². The van der Waals surface area contributed by atoms with Crippen LogP contribution < -0.4 is 0 Å². The van der Waals surface area contributed by atoms with Gasteiger partial charge in [0.25, 0.3) is 0 Å². The van der Waals surface area contributed by atoms with E-state index in [-0.39, 0.29) is 0 Å². The van der Waals surface area contributed by atoms with Crippen LogP contribution in [-0.2, 0) is 6.42 Å². The zero-order valence-corrected chi connectivity index (χ0v) is 9.53. The van der Waals surface area contributed by atoms with Crippen LogP contribution in [0.25, 0.3) is 0 Å². The third kappa shape index (κ3) is 4.34. The molecule has 0 fully saturated rings. The molecule has 15 heavy (non-hydrogen) atoms. The van der Waals surface area contributed by atoms with Gasteiger partial charge in [-0.25, -0.2) is 0 Å². The van der Waals surface area contributed by atoms with Gasteiger partial charge in [-0.05, 0) is 43.9 Å². The summed E-state index contributed by atoms with van der Waals surface area (Å²) in [4.78, 5) is 0. The third-order valence-corrected chi connectivity index (χ3v) is 2.68. The fourth-order valence-corrected chi connectivity index (χ4v) is 1.74. The van der Waals surface area contributed by atoms with Crippen molar-refractivity contribution in [3.63, 3.8) is 0 Å². The summed E-state index contributed by atoms with van der Waals surface area (Å²) in [5.41, 5.74) is 0.594. The van der Waals surface area contributed by atoms with Crippen molar-refractivity contribution in [2.45, 2.75) is 45.1 Å². The van der Waals surface area contributed by atoms with Crippen molar-refractivity contribution in [1.29, 1.82) is 0 Å². The molecule has 0 aromatic heterocycles. The predicted octanol–water partition coefficient (Wildman–Crippen LogP) is 2.88. The summed E-state index contributed by atoms with van der Waals surface area (Å²) in [7, 11) is 0. The van der Waals surface area contributed by atoms with Crippen LogP contribution in [0.2, 0.25) is 0 Å². The molecule has 1 rings (SSSR count). The summed E-state index contributed by atoms with van der Waals surface area (Å²) in [5, 5.41) is 19.1. The lowest BCUT2D eigenvalue weighted by molar-refractivity contribution is 0.0416. The second-order valence-electron chi connectivity index (χ2n) is 4.41. The van der Waals surface area contributed by atoms with Crippen molar-refractivity contribution in [2.75, 3.05) is 0 Å². The van der Waals surface area contributed by atoms with Crippen LogP contribution in [-0.4, -0.2) is 15.8 Å². The number of aryl methyl sites for hydroxylation is 1. The molecule has 0 aliphatic rings. The summed E-state index contributed by atoms with van der Waals surface area (Å²) in [6.07, 6.45) is 3.46. The SMILES string of the molecule is CCCC(C)(O)CCc1ccc(O)cc1. The Morgan fingerprint density at radius 1 is 1.13 bits per heavy atom. The molecule has 1 aromatic carbocycles. The van der Waals surface area contributed by atoms with Crippen LogP contribution in [0.4, 0.5) is 0 Å². The Morgan fingerprint density at radius 2 is 1.73 bits per heavy atom. The average molecular weight is 208 g/mol. The molecule has 0 radical (unpaired) electrons. The van der Waals surface area contributed by atoms with Crippen LogP contribution >= 0.6 is 0 Å². The lowest BCUT2D eigenvalue weighted by Gasteiger charge is -2.22. The van der Waals surface area contributed by atoms with Crippen LogP contribution in [0.5, 0.6) is 5.75 Å². The van der Waals surface area contributed by atoms with E-state index in [2.05, 4.69) is 6.92 Å². The maximum atomic E-state index is 9.98. The molecule has 1 atom stereocenters. The van der Waals surface area contributed by atoms with E-state index in [1.807, 2.05) is 19.1 Å². The van der Waals surface area contributed by atoms with Gasteiger partial charge in [0.2, 0.25) is 0 Å². The smallest absolute Gasteiger partial charge is 0.115 e. The zero-order valence-electron chi connectivity index (χ0n) is 9.53. The number of rotatable bonds is 5. The highest BCUT2D eigenvalue weighted by Gasteiger charge is 2.18. The Morgan fingerprint density at radius 3 is 2.27 bits per heavy atom. The van der Waals surface area contributed by atoms with E-state index in [1.54, 1.807) is 12.1 Å². The Bertz CT molecular complexity index is 288. The summed E-state index contributed by atoms with van der Waals surface area (Å²) < 4.78 is 0. The van der Waals surface area contributed by atoms with E-state index in [0.29, 0.717) is 5.75 Å². The molecule has 2 heteroatoms. The van der Waals surface area contributed by atoms with Crippen molar-refractivity contribution >= 4 is 0 Å². The standard InChI is InChI=1S/C13H20O2/c1-3-9-13(2,15)10-8-11-4-6-12(14)7-5-11/h4-7,14-15H,3,8-10H2,1-2H3. The first kappa shape index (κ1) is 12.1. The normalized spacial score (nSPS) is 14.9. The number of aliphatic hydroxyl groups is 1. The van der Waals surface area contributed by atoms with Gasteiger partial charge < -0.3 is 10.2 Å². The largest absolute Gasteiger partial charge is 0.508 e. The van der Waals surface area contributed by atoms with Crippen molar-refractivity contribution < 1.29 is 10.2 Å². The van der Waals surface area contributed by atoms with Gasteiger partial charge >= 0.3 is 0 Å². The van der Waals surface area contributed by atoms with E-state index in [0.717, 1.165) is 31.2 Å². The molecule has 0 bridgehead atoms. The van der Waals surface area contributed by atoms with Gasteiger partial charge in [-0.2, -0.15) is 0 Å². The number of phenols is 1. The highest BCUT2D eigenvalue weighted by atomic mass is 16.3. The molecule has 0 saturated carbocycles. The lowest BCUT2D eigenvalue weighted by atomic mass is 9.92. The minimum atomic E-state index is -0.563. The summed E-state index contributed by atoms with van der Waals surface area (Å²) >= 11 is 0. The van der Waals surface area contributed by atoms with Gasteiger partial charge in [0, 0.05) is 0 Å². The van der Waals surface area contributed by atoms with Gasteiger partial charge in [-0.15, -0.1) is 0 Å². The first-order chi connectivity index (χ1) is 7.03. The van der Waals surface area contributed by atoms with E-state index < -0.39 is 5.60 Å². The number of phenolic OH excluding ortho intramolecular Hbond substituents is 1. The van der Waals surface area contributed by atoms with E-state index in [4.69, 9.17) is 5.11 Å². The van der Waals surface area contributed by atoms with Crippen molar-refractivity contribution in [3.05, 3.63) is 29.8 Å². The molecule has 2 N–H and O–H groups in total. The molecule has 0 aliphatic carbocycles. The fourth-order valence-electron chi connectivity index (χ4n) is 1.74. The maximum absolute atomic E-state index is 9.98. The molecule has 1 unspecified atom stereocenters. The highest BCUT2D eigenvalue weighted by Crippen LogP contribution is 2.20. The second kappa shape index (κ2) is 5.17. The van der Waals surface area contributed by atoms with Crippen molar-refractivity contribution in [2.24, 2.45) is 0 Å². The average Bonchev–Trinajstić information content (AvgIpc) is 2.17. The van der Waals surface area contributed by atoms with Crippen LogP contribution in [0.15, 0.2) is 24.3 Å². The summed E-state index contributed by atoms with van der Waals surface area (Å²) in [5.74, 6) is 0.291. The lowest BCUT2D eigenvalue weighted by Crippen LogP contribution is -2.24. The number of aromatic hydroxyl groups is 1. The molecular formula is C13H20O2. The Labute approximate surface area is 91.6 Å². The van der Waals surface area contributed by atoms with Gasteiger partial charge in [0.05, 0.1) is 5.60 Å². The van der Waals surface area contributed by atoms with Gasteiger partial charge in [-0.1, -0.05) is 25.5 Å². The third-order valence-electron chi connectivity index (χ3n) is 2.68. The first-order valence-corrected chi connectivity index (χ1v) is 5.54. The van der Waals surface area contributed by atoms with Crippen molar-refractivity contribution in [3.8, 4) is 5.75 Å².